The van der Waals surface area contributed by atoms with Gasteiger partial charge < -0.3 is 9.88 Å². The molecule has 2 aromatic heterocycles. The van der Waals surface area contributed by atoms with Gasteiger partial charge in [-0.3, -0.25) is 0 Å². The van der Waals surface area contributed by atoms with Crippen molar-refractivity contribution >= 4 is 17.0 Å². The van der Waals surface area contributed by atoms with Crippen molar-refractivity contribution in [3.8, 4) is 5.69 Å². The molecule has 0 radical (unpaired) electrons. The highest BCUT2D eigenvalue weighted by atomic mass is 32.1. The third-order valence-electron chi connectivity index (χ3n) is 2.80. The van der Waals surface area contributed by atoms with Gasteiger partial charge in [-0.2, -0.15) is 0 Å². The van der Waals surface area contributed by atoms with E-state index in [0.717, 1.165) is 12.2 Å². The van der Waals surface area contributed by atoms with Crippen LogP contribution in [0.3, 0.4) is 0 Å². The zero-order valence-corrected chi connectivity index (χ0v) is 10.7. The number of nitrogens with zero attached hydrogens (tertiary/aromatic N) is 1. The maximum Gasteiger partial charge on any atom is 0.0494 e. The van der Waals surface area contributed by atoms with Crippen molar-refractivity contribution in [2.45, 2.75) is 6.54 Å². The molecule has 0 bridgehead atoms. The molecule has 90 valence electrons. The first-order valence-corrected chi connectivity index (χ1v) is 6.79. The van der Waals surface area contributed by atoms with Crippen molar-refractivity contribution < 1.29 is 0 Å². The lowest BCUT2D eigenvalue weighted by molar-refractivity contribution is 1.08. The molecule has 18 heavy (non-hydrogen) atoms. The fraction of sp³-hybridized carbons (Fsp3) is 0.0667. The lowest BCUT2D eigenvalue weighted by atomic mass is 10.2. The predicted octanol–water partition coefficient (Wildman–Crippen LogP) is 4.15. The summed E-state index contributed by atoms with van der Waals surface area (Å²) in [4.78, 5) is 1.35. The van der Waals surface area contributed by atoms with Crippen molar-refractivity contribution in [3.05, 3.63) is 71.2 Å². The molecule has 2 nitrogen and oxygen atoms in total. The summed E-state index contributed by atoms with van der Waals surface area (Å²) < 4.78 is 2.11. The van der Waals surface area contributed by atoms with E-state index < -0.39 is 0 Å². The number of anilines is 1. The quantitative estimate of drug-likeness (QED) is 0.740. The Balaban J connectivity index is 1.75. The minimum absolute atomic E-state index is 0.882. The van der Waals surface area contributed by atoms with Crippen LogP contribution >= 0.6 is 11.3 Å². The SMILES string of the molecule is c1cc(NCc2cccs2)cc(-n2cccc2)c1. The van der Waals surface area contributed by atoms with Crippen LogP contribution in [0, 0.1) is 0 Å². The van der Waals surface area contributed by atoms with Crippen LogP contribution in [0.4, 0.5) is 5.69 Å². The third kappa shape index (κ3) is 2.46. The van der Waals surface area contributed by atoms with Crippen LogP contribution in [-0.2, 0) is 6.54 Å². The van der Waals surface area contributed by atoms with Crippen LogP contribution in [-0.4, -0.2) is 4.57 Å². The largest absolute Gasteiger partial charge is 0.380 e. The maximum absolute atomic E-state index is 3.45. The van der Waals surface area contributed by atoms with E-state index in [1.807, 2.05) is 12.1 Å². The molecule has 0 aliphatic rings. The first-order chi connectivity index (χ1) is 8.92. The molecule has 0 saturated carbocycles. The summed E-state index contributed by atoms with van der Waals surface area (Å²) in [5.74, 6) is 0. The summed E-state index contributed by atoms with van der Waals surface area (Å²) in [6, 6.07) is 16.7. The summed E-state index contributed by atoms with van der Waals surface area (Å²) in [5.41, 5.74) is 2.32. The molecule has 3 rings (SSSR count). The van der Waals surface area contributed by atoms with E-state index in [1.54, 1.807) is 11.3 Å². The molecule has 0 fully saturated rings. The van der Waals surface area contributed by atoms with Crippen LogP contribution in [0.2, 0.25) is 0 Å². The van der Waals surface area contributed by atoms with Gasteiger partial charge in [0.15, 0.2) is 0 Å². The van der Waals surface area contributed by atoms with Crippen molar-refractivity contribution in [2.75, 3.05) is 5.32 Å². The van der Waals surface area contributed by atoms with Gasteiger partial charge in [-0.25, -0.2) is 0 Å². The average molecular weight is 254 g/mol. The first-order valence-electron chi connectivity index (χ1n) is 5.91. The van der Waals surface area contributed by atoms with Crippen molar-refractivity contribution in [2.24, 2.45) is 0 Å². The zero-order chi connectivity index (χ0) is 12.2. The number of nitrogens with one attached hydrogen (secondary N) is 1. The van der Waals surface area contributed by atoms with Gasteiger partial charge in [-0.15, -0.1) is 11.3 Å². The van der Waals surface area contributed by atoms with Gasteiger partial charge in [0.05, 0.1) is 0 Å². The molecular weight excluding hydrogens is 240 g/mol. The summed E-state index contributed by atoms with van der Waals surface area (Å²) in [7, 11) is 0. The van der Waals surface area contributed by atoms with Crippen LogP contribution in [0.25, 0.3) is 5.69 Å². The number of hydrogen-bond acceptors (Lipinski definition) is 2. The van der Waals surface area contributed by atoms with Gasteiger partial charge >= 0.3 is 0 Å². The zero-order valence-electron chi connectivity index (χ0n) is 9.91. The van der Waals surface area contributed by atoms with E-state index in [9.17, 15) is 0 Å². The van der Waals surface area contributed by atoms with Gasteiger partial charge in [0.25, 0.3) is 0 Å². The molecule has 0 aliphatic heterocycles. The second-order valence-electron chi connectivity index (χ2n) is 4.07. The fourth-order valence-electron chi connectivity index (χ4n) is 1.89. The number of thiophene rings is 1. The minimum atomic E-state index is 0.882. The lowest BCUT2D eigenvalue weighted by Crippen LogP contribution is -1.98. The predicted molar refractivity (Wildman–Crippen MR) is 77.4 cm³/mol. The fourth-order valence-corrected chi connectivity index (χ4v) is 2.53. The van der Waals surface area contributed by atoms with Crippen LogP contribution in [0.1, 0.15) is 4.88 Å². The van der Waals surface area contributed by atoms with E-state index >= 15 is 0 Å². The topological polar surface area (TPSA) is 17.0 Å². The molecule has 0 aliphatic carbocycles. The first kappa shape index (κ1) is 11.1. The van der Waals surface area contributed by atoms with Crippen molar-refractivity contribution in [1.29, 1.82) is 0 Å². The van der Waals surface area contributed by atoms with Gasteiger partial charge in [0.2, 0.25) is 0 Å². The van der Waals surface area contributed by atoms with Crippen LogP contribution in [0.5, 0.6) is 0 Å². The smallest absolute Gasteiger partial charge is 0.0494 e. The third-order valence-corrected chi connectivity index (χ3v) is 3.67. The van der Waals surface area contributed by atoms with Gasteiger partial charge in [0, 0.05) is 35.2 Å². The Labute approximate surface area is 111 Å². The highest BCUT2D eigenvalue weighted by Gasteiger charge is 1.98. The molecule has 0 unspecified atom stereocenters. The number of aromatic nitrogens is 1. The second kappa shape index (κ2) is 5.10. The molecule has 0 spiro atoms. The van der Waals surface area contributed by atoms with Gasteiger partial charge in [-0.1, -0.05) is 12.1 Å². The number of hydrogen-bond donors (Lipinski definition) is 1. The van der Waals surface area contributed by atoms with E-state index in [2.05, 4.69) is 64.1 Å². The van der Waals surface area contributed by atoms with Gasteiger partial charge in [0.1, 0.15) is 0 Å². The molecule has 0 atom stereocenters. The highest BCUT2D eigenvalue weighted by Crippen LogP contribution is 2.17. The van der Waals surface area contributed by atoms with Crippen LogP contribution in [0.15, 0.2) is 66.3 Å². The van der Waals surface area contributed by atoms with E-state index in [-0.39, 0.29) is 0 Å². The van der Waals surface area contributed by atoms with E-state index in [4.69, 9.17) is 0 Å². The Morgan fingerprint density at radius 3 is 2.67 bits per heavy atom. The molecule has 3 aromatic rings. The molecule has 1 N–H and O–H groups in total. The summed E-state index contributed by atoms with van der Waals surface area (Å²) in [5, 5.41) is 5.55. The normalized spacial score (nSPS) is 10.4. The highest BCUT2D eigenvalue weighted by molar-refractivity contribution is 7.09. The van der Waals surface area contributed by atoms with E-state index in [1.165, 1.54) is 10.6 Å². The number of benzene rings is 1. The molecule has 1 aromatic carbocycles. The lowest BCUT2D eigenvalue weighted by Gasteiger charge is -2.08. The Bertz CT molecular complexity index is 597. The Kier molecular flexibility index (Phi) is 3.15. The summed E-state index contributed by atoms with van der Waals surface area (Å²) >= 11 is 1.78. The Hall–Kier alpha value is -2.00. The molecule has 0 amide bonds. The van der Waals surface area contributed by atoms with Gasteiger partial charge in [-0.05, 0) is 41.8 Å². The van der Waals surface area contributed by atoms with Crippen molar-refractivity contribution in [3.63, 3.8) is 0 Å². The van der Waals surface area contributed by atoms with Crippen molar-refractivity contribution in [1.82, 2.24) is 4.57 Å². The standard InChI is InChI=1S/C15H14N2S/c1-2-9-17(8-1)14-6-3-5-13(11-14)16-12-15-7-4-10-18-15/h1-11,16H,12H2. The number of rotatable bonds is 4. The minimum Gasteiger partial charge on any atom is -0.380 e. The molecule has 2 heterocycles. The second-order valence-corrected chi connectivity index (χ2v) is 5.11. The van der Waals surface area contributed by atoms with E-state index in [0.29, 0.717) is 0 Å². The monoisotopic (exact) mass is 254 g/mol. The molecular formula is C15H14N2S. The average Bonchev–Trinajstić information content (AvgIpc) is 3.10. The Morgan fingerprint density at radius 1 is 1.00 bits per heavy atom. The molecule has 3 heteroatoms. The Morgan fingerprint density at radius 2 is 1.89 bits per heavy atom. The summed E-state index contributed by atoms with van der Waals surface area (Å²) in [6.07, 6.45) is 4.11. The maximum atomic E-state index is 3.45. The summed E-state index contributed by atoms with van der Waals surface area (Å²) in [6.45, 7) is 0.882. The molecule has 0 saturated heterocycles. The van der Waals surface area contributed by atoms with Crippen LogP contribution < -0.4 is 5.32 Å².